The molecule has 1 heterocycles. The minimum atomic E-state index is -0.769. The predicted octanol–water partition coefficient (Wildman–Crippen LogP) is 0.199. The number of rotatable bonds is 1. The zero-order valence-corrected chi connectivity index (χ0v) is 8.26. The SMILES string of the molecule is CN1C(=O)N(C)C(C)(CS)C1=O. The van der Waals surface area contributed by atoms with Gasteiger partial charge in [-0.2, -0.15) is 12.6 Å². The number of carbonyl (C=O) groups is 2. The number of imide groups is 1. The predicted molar refractivity (Wildman–Crippen MR) is 48.2 cm³/mol. The summed E-state index contributed by atoms with van der Waals surface area (Å²) in [5.41, 5.74) is -0.769. The highest BCUT2D eigenvalue weighted by molar-refractivity contribution is 7.80. The Morgan fingerprint density at radius 3 is 2.08 bits per heavy atom. The quantitative estimate of drug-likeness (QED) is 0.471. The molecule has 0 bridgehead atoms. The van der Waals surface area contributed by atoms with Gasteiger partial charge in [0.1, 0.15) is 5.54 Å². The lowest BCUT2D eigenvalue weighted by Gasteiger charge is -2.25. The molecule has 0 saturated carbocycles. The Morgan fingerprint density at radius 1 is 1.42 bits per heavy atom. The number of hydrogen-bond acceptors (Lipinski definition) is 3. The van der Waals surface area contributed by atoms with Crippen molar-refractivity contribution in [1.29, 1.82) is 0 Å². The van der Waals surface area contributed by atoms with Crippen LogP contribution in [0, 0.1) is 0 Å². The average Bonchev–Trinajstić information content (AvgIpc) is 2.22. The van der Waals surface area contributed by atoms with Crippen molar-refractivity contribution in [2.45, 2.75) is 12.5 Å². The number of amides is 3. The van der Waals surface area contributed by atoms with Crippen LogP contribution in [0.1, 0.15) is 6.92 Å². The number of hydrogen-bond donors (Lipinski definition) is 1. The largest absolute Gasteiger partial charge is 0.327 e. The van der Waals surface area contributed by atoms with Gasteiger partial charge in [-0.15, -0.1) is 0 Å². The van der Waals surface area contributed by atoms with Gasteiger partial charge in [-0.25, -0.2) is 4.79 Å². The third kappa shape index (κ3) is 0.924. The highest BCUT2D eigenvalue weighted by Crippen LogP contribution is 2.25. The molecule has 0 spiro atoms. The van der Waals surface area contributed by atoms with E-state index < -0.39 is 5.54 Å². The van der Waals surface area contributed by atoms with Crippen molar-refractivity contribution in [3.05, 3.63) is 0 Å². The Bertz CT molecular complexity index is 244. The van der Waals surface area contributed by atoms with Crippen LogP contribution >= 0.6 is 12.6 Å². The average molecular weight is 188 g/mol. The Kier molecular flexibility index (Phi) is 2.07. The number of urea groups is 1. The van der Waals surface area contributed by atoms with E-state index in [1.165, 1.54) is 11.9 Å². The maximum absolute atomic E-state index is 11.5. The van der Waals surface area contributed by atoms with E-state index in [1.807, 2.05) is 0 Å². The van der Waals surface area contributed by atoms with Gasteiger partial charge in [0.2, 0.25) is 0 Å². The third-order valence-electron chi connectivity index (χ3n) is 2.39. The molecule has 0 aromatic carbocycles. The number of thiol groups is 1. The van der Waals surface area contributed by atoms with Crippen LogP contribution in [0.2, 0.25) is 0 Å². The van der Waals surface area contributed by atoms with Crippen molar-refractivity contribution >= 4 is 24.6 Å². The van der Waals surface area contributed by atoms with E-state index in [4.69, 9.17) is 0 Å². The molecule has 1 rings (SSSR count). The van der Waals surface area contributed by atoms with Gasteiger partial charge < -0.3 is 4.90 Å². The summed E-state index contributed by atoms with van der Waals surface area (Å²) in [5.74, 6) is 0.156. The lowest BCUT2D eigenvalue weighted by molar-refractivity contribution is -0.130. The van der Waals surface area contributed by atoms with E-state index in [9.17, 15) is 9.59 Å². The Labute approximate surface area is 76.9 Å². The standard InChI is InChI=1S/C7H12N2O2S/c1-7(4-12)5(10)8(2)6(11)9(7)3/h12H,4H2,1-3H3. The molecule has 0 radical (unpaired) electrons. The lowest BCUT2D eigenvalue weighted by Crippen LogP contribution is -2.46. The van der Waals surface area contributed by atoms with Crippen LogP contribution in [0.4, 0.5) is 4.79 Å². The third-order valence-corrected chi connectivity index (χ3v) is 3.00. The number of carbonyl (C=O) groups excluding carboxylic acids is 2. The maximum Gasteiger partial charge on any atom is 0.327 e. The van der Waals surface area contributed by atoms with Crippen LogP contribution in [0.3, 0.4) is 0 Å². The summed E-state index contributed by atoms with van der Waals surface area (Å²) in [6, 6.07) is -0.267. The molecular formula is C7H12N2O2S. The Hall–Kier alpha value is -0.710. The molecule has 68 valence electrons. The summed E-state index contributed by atoms with van der Waals surface area (Å²) < 4.78 is 0. The highest BCUT2D eigenvalue weighted by atomic mass is 32.1. The fourth-order valence-electron chi connectivity index (χ4n) is 1.20. The van der Waals surface area contributed by atoms with Crippen molar-refractivity contribution < 1.29 is 9.59 Å². The topological polar surface area (TPSA) is 40.6 Å². The second-order valence-corrected chi connectivity index (χ2v) is 3.45. The molecule has 0 aromatic rings. The normalized spacial score (nSPS) is 30.3. The van der Waals surface area contributed by atoms with Crippen molar-refractivity contribution in [3.63, 3.8) is 0 Å². The second-order valence-electron chi connectivity index (χ2n) is 3.14. The van der Waals surface area contributed by atoms with Crippen molar-refractivity contribution in [2.75, 3.05) is 19.8 Å². The van der Waals surface area contributed by atoms with Crippen molar-refractivity contribution in [3.8, 4) is 0 Å². The molecule has 1 saturated heterocycles. The van der Waals surface area contributed by atoms with Gasteiger partial charge in [-0.05, 0) is 6.92 Å². The zero-order valence-electron chi connectivity index (χ0n) is 7.37. The fourth-order valence-corrected chi connectivity index (χ4v) is 1.55. The first kappa shape index (κ1) is 9.38. The zero-order chi connectivity index (χ0) is 9.52. The first-order chi connectivity index (χ1) is 5.45. The summed E-state index contributed by atoms with van der Waals surface area (Å²) in [4.78, 5) is 25.3. The first-order valence-electron chi connectivity index (χ1n) is 3.62. The second kappa shape index (κ2) is 2.65. The minimum absolute atomic E-state index is 0.190. The smallest absolute Gasteiger partial charge is 0.312 e. The van der Waals surface area contributed by atoms with E-state index in [2.05, 4.69) is 12.6 Å². The van der Waals surface area contributed by atoms with Gasteiger partial charge in [0, 0.05) is 19.8 Å². The minimum Gasteiger partial charge on any atom is -0.312 e. The van der Waals surface area contributed by atoms with Gasteiger partial charge in [0.15, 0.2) is 0 Å². The van der Waals surface area contributed by atoms with E-state index in [1.54, 1.807) is 14.0 Å². The fraction of sp³-hybridized carbons (Fsp3) is 0.714. The Morgan fingerprint density at radius 2 is 1.92 bits per heavy atom. The van der Waals surface area contributed by atoms with Gasteiger partial charge >= 0.3 is 6.03 Å². The summed E-state index contributed by atoms with van der Waals surface area (Å²) in [6.07, 6.45) is 0. The lowest BCUT2D eigenvalue weighted by atomic mass is 10.1. The maximum atomic E-state index is 11.5. The summed E-state index contributed by atoms with van der Waals surface area (Å²) >= 11 is 4.06. The van der Waals surface area contributed by atoms with Crippen LogP contribution in [-0.4, -0.2) is 47.1 Å². The van der Waals surface area contributed by atoms with E-state index >= 15 is 0 Å². The highest BCUT2D eigenvalue weighted by Gasteiger charge is 2.49. The molecule has 4 nitrogen and oxygen atoms in total. The van der Waals surface area contributed by atoms with E-state index in [0.717, 1.165) is 4.90 Å². The molecule has 12 heavy (non-hydrogen) atoms. The van der Waals surface area contributed by atoms with E-state index in [-0.39, 0.29) is 11.9 Å². The van der Waals surface area contributed by atoms with Gasteiger partial charge in [0.05, 0.1) is 0 Å². The monoisotopic (exact) mass is 188 g/mol. The van der Waals surface area contributed by atoms with Crippen LogP contribution in [0.5, 0.6) is 0 Å². The molecule has 0 N–H and O–H groups in total. The molecule has 1 fully saturated rings. The van der Waals surface area contributed by atoms with Gasteiger partial charge in [-0.3, -0.25) is 9.69 Å². The molecule has 1 aliphatic heterocycles. The van der Waals surface area contributed by atoms with Crippen LogP contribution in [0.15, 0.2) is 0 Å². The molecule has 3 amide bonds. The number of nitrogens with zero attached hydrogens (tertiary/aromatic N) is 2. The van der Waals surface area contributed by atoms with Crippen molar-refractivity contribution in [1.82, 2.24) is 9.80 Å². The molecule has 0 aromatic heterocycles. The summed E-state index contributed by atoms with van der Waals surface area (Å²) in [5, 5.41) is 0. The summed E-state index contributed by atoms with van der Waals surface area (Å²) in [7, 11) is 3.09. The van der Waals surface area contributed by atoms with Crippen LogP contribution in [-0.2, 0) is 4.79 Å². The summed E-state index contributed by atoms with van der Waals surface area (Å²) in [6.45, 7) is 1.71. The van der Waals surface area contributed by atoms with Gasteiger partial charge in [-0.1, -0.05) is 0 Å². The molecule has 5 heteroatoms. The van der Waals surface area contributed by atoms with Gasteiger partial charge in [0.25, 0.3) is 5.91 Å². The van der Waals surface area contributed by atoms with E-state index in [0.29, 0.717) is 5.75 Å². The molecular weight excluding hydrogens is 176 g/mol. The molecule has 1 aliphatic rings. The van der Waals surface area contributed by atoms with Crippen LogP contribution in [0.25, 0.3) is 0 Å². The molecule has 1 unspecified atom stereocenters. The molecule has 0 aliphatic carbocycles. The van der Waals surface area contributed by atoms with Crippen molar-refractivity contribution in [2.24, 2.45) is 0 Å². The first-order valence-corrected chi connectivity index (χ1v) is 4.25. The number of likely N-dealkylation sites (N-methyl/N-ethyl adjacent to an activating group) is 2. The molecule has 1 atom stereocenters. The Balaban J connectivity index is 3.06. The van der Waals surface area contributed by atoms with Crippen LogP contribution < -0.4 is 0 Å².